The number of anilines is 1. The summed E-state index contributed by atoms with van der Waals surface area (Å²) in [6.07, 6.45) is 0. The molecule has 3 nitrogen and oxygen atoms in total. The van der Waals surface area contributed by atoms with E-state index in [1.54, 1.807) is 12.1 Å². The van der Waals surface area contributed by atoms with Crippen LogP contribution < -0.4 is 5.32 Å². The molecule has 0 saturated carbocycles. The number of methoxy groups -OCH3 is 1. The standard InChI is InChI=1S/C13H11BrFNO2S/c1-18-13(17)11(12-10(14)6-7-19-12)16-9-4-2-8(15)3-5-9/h2-7,11,16H,1H3. The van der Waals surface area contributed by atoms with E-state index in [-0.39, 0.29) is 5.82 Å². The van der Waals surface area contributed by atoms with Crippen LogP contribution in [0.25, 0.3) is 0 Å². The van der Waals surface area contributed by atoms with Crippen LogP contribution in [-0.4, -0.2) is 13.1 Å². The molecule has 1 aromatic heterocycles. The first-order chi connectivity index (χ1) is 9.11. The van der Waals surface area contributed by atoms with E-state index in [9.17, 15) is 9.18 Å². The second-order valence-corrected chi connectivity index (χ2v) is 5.54. The van der Waals surface area contributed by atoms with E-state index in [4.69, 9.17) is 4.74 Å². The summed E-state index contributed by atoms with van der Waals surface area (Å²) in [7, 11) is 1.34. The predicted molar refractivity (Wildman–Crippen MR) is 76.8 cm³/mol. The Morgan fingerprint density at radius 1 is 1.37 bits per heavy atom. The average molecular weight is 344 g/mol. The molecule has 0 spiro atoms. The molecule has 100 valence electrons. The second-order valence-electron chi connectivity index (χ2n) is 3.74. The maximum atomic E-state index is 12.9. The van der Waals surface area contributed by atoms with Gasteiger partial charge >= 0.3 is 5.97 Å². The molecule has 1 heterocycles. The molecule has 0 aliphatic rings. The zero-order valence-electron chi connectivity index (χ0n) is 10.0. The molecule has 2 rings (SSSR count). The van der Waals surface area contributed by atoms with Crippen LogP contribution in [0.15, 0.2) is 40.2 Å². The Balaban J connectivity index is 2.27. The van der Waals surface area contributed by atoms with Gasteiger partial charge in [-0.25, -0.2) is 9.18 Å². The molecule has 0 aliphatic heterocycles. The Morgan fingerprint density at radius 2 is 2.05 bits per heavy atom. The second kappa shape index (κ2) is 6.16. The van der Waals surface area contributed by atoms with Crippen LogP contribution >= 0.6 is 27.3 Å². The molecule has 0 fully saturated rings. The number of thiophene rings is 1. The molecule has 0 radical (unpaired) electrons. The SMILES string of the molecule is COC(=O)C(Nc1ccc(F)cc1)c1sccc1Br. The number of carbonyl (C=O) groups excluding carboxylic acids is 1. The van der Waals surface area contributed by atoms with Crippen molar-refractivity contribution in [3.63, 3.8) is 0 Å². The number of hydrogen-bond donors (Lipinski definition) is 1. The minimum Gasteiger partial charge on any atom is -0.467 e. The monoisotopic (exact) mass is 343 g/mol. The van der Waals surface area contributed by atoms with Crippen molar-refractivity contribution in [2.75, 3.05) is 12.4 Å². The molecule has 1 N–H and O–H groups in total. The smallest absolute Gasteiger partial charge is 0.333 e. The normalized spacial score (nSPS) is 11.9. The van der Waals surface area contributed by atoms with Gasteiger partial charge in [-0.2, -0.15) is 0 Å². The number of halogens is 2. The molecule has 1 atom stereocenters. The molecule has 1 aromatic carbocycles. The quantitative estimate of drug-likeness (QED) is 0.853. The zero-order chi connectivity index (χ0) is 13.8. The average Bonchev–Trinajstić information content (AvgIpc) is 2.83. The fourth-order valence-electron chi connectivity index (χ4n) is 1.57. The summed E-state index contributed by atoms with van der Waals surface area (Å²) in [4.78, 5) is 12.7. The van der Waals surface area contributed by atoms with E-state index in [1.165, 1.54) is 30.6 Å². The zero-order valence-corrected chi connectivity index (χ0v) is 12.4. The highest BCUT2D eigenvalue weighted by molar-refractivity contribution is 9.10. The lowest BCUT2D eigenvalue weighted by Gasteiger charge is -2.17. The minimum absolute atomic E-state index is 0.322. The molecule has 0 saturated heterocycles. The van der Waals surface area contributed by atoms with Crippen molar-refractivity contribution in [2.24, 2.45) is 0 Å². The summed E-state index contributed by atoms with van der Waals surface area (Å²) in [5.74, 6) is -0.718. The van der Waals surface area contributed by atoms with Gasteiger partial charge in [0.1, 0.15) is 5.82 Å². The maximum absolute atomic E-state index is 12.9. The Kier molecular flexibility index (Phi) is 4.55. The first kappa shape index (κ1) is 14.0. The van der Waals surface area contributed by atoms with Crippen LogP contribution in [0.5, 0.6) is 0 Å². The number of esters is 1. The van der Waals surface area contributed by atoms with E-state index < -0.39 is 12.0 Å². The van der Waals surface area contributed by atoms with Crippen LogP contribution in [0.4, 0.5) is 10.1 Å². The Bertz CT molecular complexity index is 570. The van der Waals surface area contributed by atoms with Crippen LogP contribution in [-0.2, 0) is 9.53 Å². The summed E-state index contributed by atoms with van der Waals surface area (Å²) in [5.41, 5.74) is 0.650. The number of rotatable bonds is 4. The first-order valence-corrected chi connectivity index (χ1v) is 7.12. The Morgan fingerprint density at radius 3 is 2.58 bits per heavy atom. The van der Waals surface area contributed by atoms with E-state index in [0.717, 1.165) is 9.35 Å². The minimum atomic E-state index is -0.621. The van der Waals surface area contributed by atoms with Crippen molar-refractivity contribution in [3.05, 3.63) is 50.9 Å². The number of carbonyl (C=O) groups is 1. The van der Waals surface area contributed by atoms with Crippen LogP contribution in [0.2, 0.25) is 0 Å². The molecule has 1 unspecified atom stereocenters. The summed E-state index contributed by atoms with van der Waals surface area (Å²) in [6.45, 7) is 0. The van der Waals surface area contributed by atoms with Crippen molar-refractivity contribution in [1.29, 1.82) is 0 Å². The van der Waals surface area contributed by atoms with Crippen molar-refractivity contribution in [1.82, 2.24) is 0 Å². The summed E-state index contributed by atoms with van der Waals surface area (Å²) in [5, 5.41) is 4.92. The van der Waals surface area contributed by atoms with Gasteiger partial charge in [-0.1, -0.05) is 0 Å². The lowest BCUT2D eigenvalue weighted by Crippen LogP contribution is -2.21. The Labute approximate surface area is 122 Å². The highest BCUT2D eigenvalue weighted by Crippen LogP contribution is 2.32. The highest BCUT2D eigenvalue weighted by Gasteiger charge is 2.24. The molecule has 19 heavy (non-hydrogen) atoms. The van der Waals surface area contributed by atoms with Crippen molar-refractivity contribution >= 4 is 38.9 Å². The molecule has 2 aromatic rings. The number of nitrogens with one attached hydrogen (secondary N) is 1. The van der Waals surface area contributed by atoms with Gasteiger partial charge in [-0.3, -0.25) is 0 Å². The van der Waals surface area contributed by atoms with Crippen molar-refractivity contribution in [2.45, 2.75) is 6.04 Å². The third-order valence-electron chi connectivity index (χ3n) is 2.50. The molecular weight excluding hydrogens is 333 g/mol. The fraction of sp³-hybridized carbons (Fsp3) is 0.154. The van der Waals surface area contributed by atoms with Gasteiger partial charge in [-0.15, -0.1) is 11.3 Å². The van der Waals surface area contributed by atoms with Gasteiger partial charge < -0.3 is 10.1 Å². The molecule has 0 bridgehead atoms. The highest BCUT2D eigenvalue weighted by atomic mass is 79.9. The third-order valence-corrected chi connectivity index (χ3v) is 4.43. The Hall–Kier alpha value is -1.40. The summed E-state index contributed by atoms with van der Waals surface area (Å²) < 4.78 is 18.5. The molecular formula is C13H11BrFNO2S. The van der Waals surface area contributed by atoms with E-state index in [2.05, 4.69) is 21.2 Å². The molecule has 0 amide bonds. The topological polar surface area (TPSA) is 38.3 Å². The molecule has 0 aliphatic carbocycles. The van der Waals surface area contributed by atoms with Gasteiger partial charge in [0, 0.05) is 10.2 Å². The van der Waals surface area contributed by atoms with Gasteiger partial charge in [0.05, 0.1) is 12.0 Å². The lowest BCUT2D eigenvalue weighted by atomic mass is 10.2. The van der Waals surface area contributed by atoms with Gasteiger partial charge in [0.2, 0.25) is 0 Å². The van der Waals surface area contributed by atoms with Gasteiger partial charge in [0.15, 0.2) is 6.04 Å². The molecule has 6 heteroatoms. The van der Waals surface area contributed by atoms with Crippen molar-refractivity contribution < 1.29 is 13.9 Å². The predicted octanol–water partition coefficient (Wildman–Crippen LogP) is 3.98. The number of hydrogen-bond acceptors (Lipinski definition) is 4. The van der Waals surface area contributed by atoms with E-state index in [0.29, 0.717) is 5.69 Å². The van der Waals surface area contributed by atoms with Gasteiger partial charge in [-0.05, 0) is 51.6 Å². The fourth-order valence-corrected chi connectivity index (χ4v) is 3.21. The summed E-state index contributed by atoms with van der Waals surface area (Å²) >= 11 is 4.83. The van der Waals surface area contributed by atoms with E-state index >= 15 is 0 Å². The van der Waals surface area contributed by atoms with Gasteiger partial charge in [0.25, 0.3) is 0 Å². The number of ether oxygens (including phenoxy) is 1. The van der Waals surface area contributed by atoms with Crippen LogP contribution in [0, 0.1) is 5.82 Å². The first-order valence-electron chi connectivity index (χ1n) is 5.44. The van der Waals surface area contributed by atoms with Crippen LogP contribution in [0.1, 0.15) is 10.9 Å². The maximum Gasteiger partial charge on any atom is 0.333 e. The van der Waals surface area contributed by atoms with E-state index in [1.807, 2.05) is 11.4 Å². The largest absolute Gasteiger partial charge is 0.467 e. The number of benzene rings is 1. The third kappa shape index (κ3) is 3.33. The van der Waals surface area contributed by atoms with Crippen molar-refractivity contribution in [3.8, 4) is 0 Å². The van der Waals surface area contributed by atoms with Crippen LogP contribution in [0.3, 0.4) is 0 Å². The lowest BCUT2D eigenvalue weighted by molar-refractivity contribution is -0.141. The summed E-state index contributed by atoms with van der Waals surface area (Å²) in [6, 6.07) is 7.06.